The van der Waals surface area contributed by atoms with Crippen LogP contribution < -0.4 is 5.32 Å². The van der Waals surface area contributed by atoms with Crippen molar-refractivity contribution >= 4 is 35.1 Å². The number of para-hydroxylation sites is 1. The zero-order valence-corrected chi connectivity index (χ0v) is 11.9. The Morgan fingerprint density at radius 1 is 1.10 bits per heavy atom. The highest BCUT2D eigenvalue weighted by atomic mass is 35.5. The van der Waals surface area contributed by atoms with Crippen molar-refractivity contribution in [1.82, 2.24) is 4.98 Å². The third-order valence-corrected chi connectivity index (χ3v) is 2.92. The van der Waals surface area contributed by atoms with Gasteiger partial charge < -0.3 is 5.32 Å². The summed E-state index contributed by atoms with van der Waals surface area (Å²) in [6.45, 7) is 0. The molecule has 0 aliphatic carbocycles. The SMILES string of the molecule is O=C(CCl)C(=Cc1ccccn1)C(=O)Nc1ccccc1. The molecule has 0 bridgehead atoms. The predicted octanol–water partition coefficient (Wildman–Crippen LogP) is 2.91. The maximum atomic E-state index is 12.2. The van der Waals surface area contributed by atoms with Crippen LogP contribution in [-0.4, -0.2) is 22.6 Å². The Bertz CT molecular complexity index is 654. The minimum atomic E-state index is -0.502. The number of amides is 1. The summed E-state index contributed by atoms with van der Waals surface area (Å²) in [7, 11) is 0. The summed E-state index contributed by atoms with van der Waals surface area (Å²) in [6, 6.07) is 14.1. The average molecular weight is 301 g/mol. The monoisotopic (exact) mass is 300 g/mol. The Labute approximate surface area is 127 Å². The van der Waals surface area contributed by atoms with Crippen LogP contribution in [0.4, 0.5) is 5.69 Å². The first-order chi connectivity index (χ1) is 10.2. The van der Waals surface area contributed by atoms with Crippen LogP contribution in [0.2, 0.25) is 0 Å². The molecule has 0 radical (unpaired) electrons. The van der Waals surface area contributed by atoms with Crippen LogP contribution in [-0.2, 0) is 9.59 Å². The van der Waals surface area contributed by atoms with Crippen LogP contribution in [0.15, 0.2) is 60.3 Å². The molecule has 2 aromatic rings. The standard InChI is InChI=1S/C16H13ClN2O2/c17-11-15(20)14(10-13-8-4-5-9-18-13)16(21)19-12-6-2-1-3-7-12/h1-10H,11H2,(H,19,21). The lowest BCUT2D eigenvalue weighted by atomic mass is 10.1. The Morgan fingerprint density at radius 3 is 2.43 bits per heavy atom. The van der Waals surface area contributed by atoms with Gasteiger partial charge in [0.1, 0.15) is 0 Å². The van der Waals surface area contributed by atoms with Crippen molar-refractivity contribution in [2.24, 2.45) is 0 Å². The van der Waals surface area contributed by atoms with E-state index < -0.39 is 11.7 Å². The number of ketones is 1. The highest BCUT2D eigenvalue weighted by molar-refractivity contribution is 6.37. The minimum absolute atomic E-state index is 0.0208. The molecule has 1 aromatic carbocycles. The van der Waals surface area contributed by atoms with Gasteiger partial charge in [0.2, 0.25) is 0 Å². The summed E-state index contributed by atoms with van der Waals surface area (Å²) in [5.74, 6) is -1.21. The molecule has 0 atom stereocenters. The van der Waals surface area contributed by atoms with Gasteiger partial charge in [-0.3, -0.25) is 14.6 Å². The van der Waals surface area contributed by atoms with Crippen molar-refractivity contribution < 1.29 is 9.59 Å². The zero-order chi connectivity index (χ0) is 15.1. The third kappa shape index (κ3) is 4.26. The maximum absolute atomic E-state index is 12.2. The third-order valence-electron chi connectivity index (χ3n) is 2.68. The van der Waals surface area contributed by atoms with E-state index in [2.05, 4.69) is 10.3 Å². The van der Waals surface area contributed by atoms with Crippen molar-refractivity contribution in [2.75, 3.05) is 11.2 Å². The Hall–Kier alpha value is -2.46. The van der Waals surface area contributed by atoms with Gasteiger partial charge in [-0.2, -0.15) is 0 Å². The van der Waals surface area contributed by atoms with Gasteiger partial charge in [-0.1, -0.05) is 24.3 Å². The second-order valence-electron chi connectivity index (χ2n) is 4.19. The van der Waals surface area contributed by atoms with E-state index in [1.807, 2.05) is 6.07 Å². The molecule has 1 aromatic heterocycles. The van der Waals surface area contributed by atoms with Crippen molar-refractivity contribution in [3.63, 3.8) is 0 Å². The molecule has 21 heavy (non-hydrogen) atoms. The molecule has 4 nitrogen and oxygen atoms in total. The second-order valence-corrected chi connectivity index (χ2v) is 4.46. The van der Waals surface area contributed by atoms with E-state index in [-0.39, 0.29) is 11.5 Å². The summed E-state index contributed by atoms with van der Waals surface area (Å²) in [5, 5.41) is 2.66. The molecule has 0 aliphatic heterocycles. The van der Waals surface area contributed by atoms with Gasteiger partial charge in [0, 0.05) is 11.9 Å². The van der Waals surface area contributed by atoms with E-state index in [4.69, 9.17) is 11.6 Å². The molecule has 2 rings (SSSR count). The molecule has 0 spiro atoms. The first-order valence-electron chi connectivity index (χ1n) is 6.29. The number of nitrogens with zero attached hydrogens (tertiary/aromatic N) is 1. The largest absolute Gasteiger partial charge is 0.322 e. The van der Waals surface area contributed by atoms with E-state index in [0.717, 1.165) is 0 Å². The predicted molar refractivity (Wildman–Crippen MR) is 83.0 cm³/mol. The van der Waals surface area contributed by atoms with E-state index >= 15 is 0 Å². The normalized spacial score (nSPS) is 11.0. The van der Waals surface area contributed by atoms with Gasteiger partial charge in [0.05, 0.1) is 17.1 Å². The number of hydrogen-bond acceptors (Lipinski definition) is 3. The summed E-state index contributed by atoms with van der Waals surface area (Å²) in [5.41, 5.74) is 1.11. The molecule has 0 saturated carbocycles. The van der Waals surface area contributed by atoms with Gasteiger partial charge in [-0.15, -0.1) is 11.6 Å². The molecule has 1 heterocycles. The Balaban J connectivity index is 2.26. The number of carbonyl (C=O) groups is 2. The van der Waals surface area contributed by atoms with Gasteiger partial charge in [-0.25, -0.2) is 0 Å². The fraction of sp³-hybridized carbons (Fsp3) is 0.0625. The number of carbonyl (C=O) groups excluding carboxylic acids is 2. The van der Waals surface area contributed by atoms with Crippen LogP contribution in [0.5, 0.6) is 0 Å². The van der Waals surface area contributed by atoms with Crippen LogP contribution >= 0.6 is 11.6 Å². The number of anilines is 1. The molecule has 0 aliphatic rings. The number of pyridine rings is 1. The van der Waals surface area contributed by atoms with E-state index in [1.165, 1.54) is 6.08 Å². The number of benzene rings is 1. The van der Waals surface area contributed by atoms with Gasteiger partial charge in [0.25, 0.3) is 5.91 Å². The summed E-state index contributed by atoms with van der Waals surface area (Å²) in [6.07, 6.45) is 3.02. The first kappa shape index (κ1) is 14.9. The molecular formula is C16H13ClN2O2. The lowest BCUT2D eigenvalue weighted by Gasteiger charge is -2.07. The van der Waals surface area contributed by atoms with E-state index in [9.17, 15) is 9.59 Å². The summed E-state index contributed by atoms with van der Waals surface area (Å²) < 4.78 is 0. The first-order valence-corrected chi connectivity index (χ1v) is 6.82. The highest BCUT2D eigenvalue weighted by Crippen LogP contribution is 2.11. The number of Topliss-reactive ketones (excluding diaryl/α,β-unsaturated/α-hetero) is 1. The van der Waals surface area contributed by atoms with Crippen molar-refractivity contribution in [1.29, 1.82) is 0 Å². The molecule has 5 heteroatoms. The number of alkyl halides is 1. The molecule has 0 unspecified atom stereocenters. The van der Waals surface area contributed by atoms with Crippen LogP contribution in [0, 0.1) is 0 Å². The van der Waals surface area contributed by atoms with Crippen molar-refractivity contribution in [3.8, 4) is 0 Å². The molecule has 1 amide bonds. The van der Waals surface area contributed by atoms with Gasteiger partial charge in [-0.05, 0) is 30.3 Å². The lowest BCUT2D eigenvalue weighted by molar-refractivity contribution is -0.118. The number of halogens is 1. The number of hydrogen-bond donors (Lipinski definition) is 1. The van der Waals surface area contributed by atoms with Crippen LogP contribution in [0.1, 0.15) is 5.69 Å². The minimum Gasteiger partial charge on any atom is -0.322 e. The maximum Gasteiger partial charge on any atom is 0.259 e. The quantitative estimate of drug-likeness (QED) is 0.400. The lowest BCUT2D eigenvalue weighted by Crippen LogP contribution is -2.21. The molecule has 1 N–H and O–H groups in total. The fourth-order valence-corrected chi connectivity index (χ4v) is 1.82. The van der Waals surface area contributed by atoms with Crippen LogP contribution in [0.25, 0.3) is 6.08 Å². The van der Waals surface area contributed by atoms with Gasteiger partial charge >= 0.3 is 0 Å². The molecule has 106 valence electrons. The van der Waals surface area contributed by atoms with Gasteiger partial charge in [0.15, 0.2) is 5.78 Å². The fourth-order valence-electron chi connectivity index (χ4n) is 1.67. The van der Waals surface area contributed by atoms with E-state index in [0.29, 0.717) is 11.4 Å². The summed E-state index contributed by atoms with van der Waals surface area (Å²) in [4.78, 5) is 28.2. The summed E-state index contributed by atoms with van der Waals surface area (Å²) >= 11 is 5.57. The number of rotatable bonds is 5. The van der Waals surface area contributed by atoms with Crippen molar-refractivity contribution in [2.45, 2.75) is 0 Å². The number of aromatic nitrogens is 1. The Morgan fingerprint density at radius 2 is 1.81 bits per heavy atom. The van der Waals surface area contributed by atoms with Crippen LogP contribution in [0.3, 0.4) is 0 Å². The smallest absolute Gasteiger partial charge is 0.259 e. The van der Waals surface area contributed by atoms with E-state index in [1.54, 1.807) is 48.7 Å². The number of nitrogens with one attached hydrogen (secondary N) is 1. The zero-order valence-electron chi connectivity index (χ0n) is 11.1. The highest BCUT2D eigenvalue weighted by Gasteiger charge is 2.17. The molecule has 0 fully saturated rings. The second kappa shape index (κ2) is 7.36. The topological polar surface area (TPSA) is 59.1 Å². The average Bonchev–Trinajstić information content (AvgIpc) is 2.53. The Kier molecular flexibility index (Phi) is 5.23. The van der Waals surface area contributed by atoms with Crippen molar-refractivity contribution in [3.05, 3.63) is 66.0 Å². The molecule has 0 saturated heterocycles. The molecular weight excluding hydrogens is 288 g/mol.